The molecule has 0 amide bonds. The highest BCUT2D eigenvalue weighted by Crippen LogP contribution is 2.31. The predicted molar refractivity (Wildman–Crippen MR) is 57.4 cm³/mol. The van der Waals surface area contributed by atoms with Crippen LogP contribution in [-0.2, 0) is 4.74 Å². The summed E-state index contributed by atoms with van der Waals surface area (Å²) in [5, 5.41) is 12.7. The molecule has 0 unspecified atom stereocenters. The van der Waals surface area contributed by atoms with Crippen LogP contribution in [0.4, 0.5) is 0 Å². The van der Waals surface area contributed by atoms with Gasteiger partial charge in [0.05, 0.1) is 12.2 Å². The van der Waals surface area contributed by atoms with E-state index in [1.54, 1.807) is 7.11 Å². The Labute approximate surface area is 86.8 Å². The average molecular weight is 201 g/mol. The van der Waals surface area contributed by atoms with Gasteiger partial charge in [-0.3, -0.25) is 0 Å². The summed E-state index contributed by atoms with van der Waals surface area (Å²) in [6, 6.07) is 0. The summed E-state index contributed by atoms with van der Waals surface area (Å²) in [5.41, 5.74) is -0.0305. The van der Waals surface area contributed by atoms with Crippen molar-refractivity contribution in [1.29, 1.82) is 0 Å². The molecule has 0 radical (unpaired) electrons. The molecule has 1 aliphatic rings. The Bertz CT molecular complexity index is 171. The Kier molecular flexibility index (Phi) is 3.93. The minimum Gasteiger partial charge on any atom is -0.394 e. The number of hydrogen-bond acceptors (Lipinski definition) is 3. The third kappa shape index (κ3) is 2.94. The molecule has 0 bridgehead atoms. The zero-order valence-electron chi connectivity index (χ0n) is 9.60. The molecule has 3 heteroatoms. The van der Waals surface area contributed by atoms with Crippen LogP contribution in [0, 0.1) is 0 Å². The van der Waals surface area contributed by atoms with Gasteiger partial charge in [0.2, 0.25) is 0 Å². The van der Waals surface area contributed by atoms with E-state index < -0.39 is 0 Å². The molecule has 0 aliphatic heterocycles. The smallest absolute Gasteiger partial charge is 0.0634 e. The molecular formula is C11H23NO2. The van der Waals surface area contributed by atoms with Gasteiger partial charge in [-0.1, -0.05) is 0 Å². The second-order valence-electron chi connectivity index (χ2n) is 4.93. The van der Waals surface area contributed by atoms with Gasteiger partial charge < -0.3 is 15.2 Å². The van der Waals surface area contributed by atoms with Crippen molar-refractivity contribution in [3.05, 3.63) is 0 Å². The quantitative estimate of drug-likeness (QED) is 0.681. The van der Waals surface area contributed by atoms with Gasteiger partial charge in [0.25, 0.3) is 0 Å². The highest BCUT2D eigenvalue weighted by molar-refractivity contribution is 4.95. The van der Waals surface area contributed by atoms with Crippen molar-refractivity contribution in [3.63, 3.8) is 0 Å². The molecule has 0 heterocycles. The monoisotopic (exact) mass is 201 g/mol. The lowest BCUT2D eigenvalue weighted by molar-refractivity contribution is 0.00934. The summed E-state index contributed by atoms with van der Waals surface area (Å²) in [6.45, 7) is 5.35. The Balaban J connectivity index is 2.20. The van der Waals surface area contributed by atoms with Gasteiger partial charge in [-0.15, -0.1) is 0 Å². The van der Waals surface area contributed by atoms with Crippen LogP contribution in [0.15, 0.2) is 0 Å². The van der Waals surface area contributed by atoms with E-state index in [0.717, 1.165) is 25.8 Å². The highest BCUT2D eigenvalue weighted by atomic mass is 16.5. The van der Waals surface area contributed by atoms with Crippen molar-refractivity contribution < 1.29 is 9.84 Å². The van der Waals surface area contributed by atoms with Gasteiger partial charge in [0, 0.05) is 12.6 Å². The predicted octanol–water partition coefficient (Wildman–Crippen LogP) is 1.31. The van der Waals surface area contributed by atoms with Crippen LogP contribution in [0.3, 0.4) is 0 Å². The summed E-state index contributed by atoms with van der Waals surface area (Å²) in [6.07, 6.45) is 4.43. The van der Waals surface area contributed by atoms with Gasteiger partial charge in [-0.2, -0.15) is 0 Å². The lowest BCUT2D eigenvalue weighted by Crippen LogP contribution is -2.54. The Morgan fingerprint density at radius 3 is 2.43 bits per heavy atom. The zero-order valence-corrected chi connectivity index (χ0v) is 9.60. The fraction of sp³-hybridized carbons (Fsp3) is 1.00. The normalized spacial score (nSPS) is 20.6. The second kappa shape index (κ2) is 4.60. The molecule has 0 aromatic carbocycles. The van der Waals surface area contributed by atoms with Gasteiger partial charge in [0.1, 0.15) is 0 Å². The molecule has 3 nitrogen and oxygen atoms in total. The molecule has 1 saturated carbocycles. The number of aliphatic hydroxyl groups excluding tert-OH is 1. The third-order valence-electron chi connectivity index (χ3n) is 3.39. The van der Waals surface area contributed by atoms with Crippen molar-refractivity contribution >= 4 is 0 Å². The summed E-state index contributed by atoms with van der Waals surface area (Å²) >= 11 is 0. The summed E-state index contributed by atoms with van der Waals surface area (Å²) in [7, 11) is 1.74. The standard InChI is InChI=1S/C11H23NO2/c1-10(2,14-3)7-8-12-11(9-13)5-4-6-11/h12-13H,4-9H2,1-3H3. The Morgan fingerprint density at radius 1 is 1.43 bits per heavy atom. The van der Waals surface area contributed by atoms with E-state index in [-0.39, 0.29) is 17.7 Å². The highest BCUT2D eigenvalue weighted by Gasteiger charge is 2.35. The van der Waals surface area contributed by atoms with E-state index >= 15 is 0 Å². The number of aliphatic hydroxyl groups is 1. The lowest BCUT2D eigenvalue weighted by Gasteiger charge is -2.42. The molecular weight excluding hydrogens is 178 g/mol. The van der Waals surface area contributed by atoms with E-state index in [0.29, 0.717) is 0 Å². The second-order valence-corrected chi connectivity index (χ2v) is 4.93. The molecule has 0 spiro atoms. The molecule has 0 aromatic heterocycles. The summed E-state index contributed by atoms with van der Waals surface area (Å²) in [4.78, 5) is 0. The maximum atomic E-state index is 9.23. The van der Waals surface area contributed by atoms with Gasteiger partial charge in [-0.25, -0.2) is 0 Å². The van der Waals surface area contributed by atoms with Crippen LogP contribution in [-0.4, -0.2) is 36.5 Å². The van der Waals surface area contributed by atoms with Gasteiger partial charge in [0.15, 0.2) is 0 Å². The molecule has 2 N–H and O–H groups in total. The van der Waals surface area contributed by atoms with Crippen molar-refractivity contribution in [1.82, 2.24) is 5.32 Å². The SMILES string of the molecule is COC(C)(C)CCNC1(CO)CCC1. The molecule has 84 valence electrons. The number of ether oxygens (including phenoxy) is 1. The topological polar surface area (TPSA) is 41.5 Å². The molecule has 1 aliphatic carbocycles. The van der Waals surface area contributed by atoms with Crippen molar-refractivity contribution in [2.75, 3.05) is 20.3 Å². The van der Waals surface area contributed by atoms with Crippen molar-refractivity contribution in [2.45, 2.75) is 50.7 Å². The minimum absolute atomic E-state index is 0.0316. The molecule has 0 saturated heterocycles. The molecule has 1 rings (SSSR count). The fourth-order valence-corrected chi connectivity index (χ4v) is 1.73. The fourth-order valence-electron chi connectivity index (χ4n) is 1.73. The van der Waals surface area contributed by atoms with Crippen LogP contribution in [0.1, 0.15) is 39.5 Å². The Hall–Kier alpha value is -0.120. The van der Waals surface area contributed by atoms with Crippen LogP contribution in [0.2, 0.25) is 0 Å². The van der Waals surface area contributed by atoms with Gasteiger partial charge in [-0.05, 0) is 46.1 Å². The summed E-state index contributed by atoms with van der Waals surface area (Å²) < 4.78 is 5.34. The van der Waals surface area contributed by atoms with Crippen molar-refractivity contribution in [2.24, 2.45) is 0 Å². The van der Waals surface area contributed by atoms with Crippen LogP contribution in [0.25, 0.3) is 0 Å². The average Bonchev–Trinajstić information content (AvgIpc) is 2.10. The van der Waals surface area contributed by atoms with Gasteiger partial charge >= 0.3 is 0 Å². The van der Waals surface area contributed by atoms with E-state index in [1.165, 1.54) is 6.42 Å². The maximum Gasteiger partial charge on any atom is 0.0634 e. The lowest BCUT2D eigenvalue weighted by atomic mass is 9.77. The zero-order chi connectivity index (χ0) is 10.7. The van der Waals surface area contributed by atoms with E-state index in [9.17, 15) is 5.11 Å². The first-order chi connectivity index (χ1) is 6.54. The number of methoxy groups -OCH3 is 1. The summed E-state index contributed by atoms with van der Waals surface area (Å²) in [5.74, 6) is 0. The first-order valence-corrected chi connectivity index (χ1v) is 5.45. The largest absolute Gasteiger partial charge is 0.394 e. The Morgan fingerprint density at radius 2 is 2.07 bits per heavy atom. The first kappa shape index (κ1) is 12.0. The van der Waals surface area contributed by atoms with E-state index in [1.807, 2.05) is 0 Å². The van der Waals surface area contributed by atoms with Crippen molar-refractivity contribution in [3.8, 4) is 0 Å². The minimum atomic E-state index is -0.0621. The van der Waals surface area contributed by atoms with Crippen LogP contribution < -0.4 is 5.32 Å². The van der Waals surface area contributed by atoms with Crippen LogP contribution in [0.5, 0.6) is 0 Å². The number of hydrogen-bond donors (Lipinski definition) is 2. The number of nitrogens with one attached hydrogen (secondary N) is 1. The molecule has 1 fully saturated rings. The molecule has 14 heavy (non-hydrogen) atoms. The number of rotatable bonds is 6. The first-order valence-electron chi connectivity index (χ1n) is 5.45. The van der Waals surface area contributed by atoms with E-state index in [2.05, 4.69) is 19.2 Å². The third-order valence-corrected chi connectivity index (χ3v) is 3.39. The molecule has 0 aromatic rings. The van der Waals surface area contributed by atoms with E-state index in [4.69, 9.17) is 4.74 Å². The van der Waals surface area contributed by atoms with Crippen LogP contribution >= 0.6 is 0 Å². The molecule has 0 atom stereocenters. The maximum absolute atomic E-state index is 9.23.